The van der Waals surface area contributed by atoms with E-state index < -0.39 is 10.9 Å². The quantitative estimate of drug-likeness (QED) is 0.655. The van der Waals surface area contributed by atoms with E-state index in [9.17, 15) is 14.9 Å². The first kappa shape index (κ1) is 14.2. The molecule has 1 aliphatic rings. The molecule has 0 aliphatic heterocycles. The first-order valence-electron chi connectivity index (χ1n) is 6.58. The van der Waals surface area contributed by atoms with Gasteiger partial charge in [0.25, 0.3) is 5.69 Å². The minimum absolute atomic E-state index is 0.0246. The van der Waals surface area contributed by atoms with Gasteiger partial charge in [-0.25, -0.2) is 4.98 Å². The van der Waals surface area contributed by atoms with Crippen LogP contribution < -0.4 is 4.90 Å². The Hall–Kier alpha value is -2.18. The second-order valence-electron chi connectivity index (χ2n) is 5.05. The Balaban J connectivity index is 2.34. The van der Waals surface area contributed by atoms with Crippen molar-refractivity contribution in [3.63, 3.8) is 0 Å². The summed E-state index contributed by atoms with van der Waals surface area (Å²) in [6, 6.07) is 1.47. The molecule has 0 spiro atoms. The maximum absolute atomic E-state index is 11.0. The average Bonchev–Trinajstić information content (AvgIpc) is 2.90. The molecule has 20 heavy (non-hydrogen) atoms. The van der Waals surface area contributed by atoms with E-state index in [4.69, 9.17) is 5.11 Å². The third-order valence-corrected chi connectivity index (χ3v) is 3.62. The topological polar surface area (TPSA) is 96.6 Å². The SMILES string of the molecule is Cc1cnc(N(CC(=O)O)C2CCCC2)cc1[N+](=O)[O-]. The summed E-state index contributed by atoms with van der Waals surface area (Å²) in [6.07, 6.45) is 5.33. The van der Waals surface area contributed by atoms with Crippen molar-refractivity contribution in [3.8, 4) is 0 Å². The van der Waals surface area contributed by atoms with Crippen LogP contribution in [0, 0.1) is 17.0 Å². The van der Waals surface area contributed by atoms with Gasteiger partial charge >= 0.3 is 5.97 Å². The second-order valence-corrected chi connectivity index (χ2v) is 5.05. The molecule has 0 amide bonds. The summed E-state index contributed by atoms with van der Waals surface area (Å²) >= 11 is 0. The number of aliphatic carboxylic acids is 1. The van der Waals surface area contributed by atoms with Crippen LogP contribution in [-0.2, 0) is 4.79 Å². The molecule has 1 fully saturated rings. The zero-order valence-electron chi connectivity index (χ0n) is 11.3. The molecule has 108 valence electrons. The molecule has 0 radical (unpaired) electrons. The summed E-state index contributed by atoms with van der Waals surface area (Å²) in [4.78, 5) is 27.4. The molecule has 1 saturated carbocycles. The van der Waals surface area contributed by atoms with Crippen LogP contribution in [0.5, 0.6) is 0 Å². The molecule has 1 N–H and O–H groups in total. The van der Waals surface area contributed by atoms with Crippen LogP contribution in [0.2, 0.25) is 0 Å². The number of carbonyl (C=O) groups is 1. The summed E-state index contributed by atoms with van der Waals surface area (Å²) in [5, 5.41) is 20.0. The highest BCUT2D eigenvalue weighted by Crippen LogP contribution is 2.29. The number of anilines is 1. The number of hydrogen-bond donors (Lipinski definition) is 1. The Kier molecular flexibility index (Phi) is 4.16. The van der Waals surface area contributed by atoms with Gasteiger partial charge in [-0.15, -0.1) is 0 Å². The number of carboxylic acids is 1. The summed E-state index contributed by atoms with van der Waals surface area (Å²) in [5.74, 6) is -0.585. The highest BCUT2D eigenvalue weighted by atomic mass is 16.6. The third kappa shape index (κ3) is 3.04. The summed E-state index contributed by atoms with van der Waals surface area (Å²) in [6.45, 7) is 1.43. The van der Waals surface area contributed by atoms with Gasteiger partial charge in [-0.3, -0.25) is 14.9 Å². The van der Waals surface area contributed by atoms with Crippen molar-refractivity contribution >= 4 is 17.5 Å². The molecule has 1 aromatic heterocycles. The standard InChI is InChI=1S/C13H17N3O4/c1-9-7-14-12(6-11(9)16(19)20)15(8-13(17)18)10-4-2-3-5-10/h6-7,10H,2-5,8H2,1H3,(H,17,18). The monoisotopic (exact) mass is 279 g/mol. The van der Waals surface area contributed by atoms with Gasteiger partial charge in [0, 0.05) is 17.8 Å². The molecule has 2 rings (SSSR count). The number of nitrogens with zero attached hydrogens (tertiary/aromatic N) is 3. The Morgan fingerprint density at radius 1 is 1.55 bits per heavy atom. The van der Waals surface area contributed by atoms with Gasteiger partial charge in [-0.2, -0.15) is 0 Å². The van der Waals surface area contributed by atoms with Crippen molar-refractivity contribution in [2.45, 2.75) is 38.6 Å². The van der Waals surface area contributed by atoms with Gasteiger partial charge in [0.1, 0.15) is 12.4 Å². The van der Waals surface area contributed by atoms with Crippen LogP contribution in [0.3, 0.4) is 0 Å². The summed E-state index contributed by atoms with van der Waals surface area (Å²) in [7, 11) is 0. The lowest BCUT2D eigenvalue weighted by Crippen LogP contribution is -2.38. The van der Waals surface area contributed by atoms with E-state index in [2.05, 4.69) is 4.98 Å². The number of pyridine rings is 1. The molecule has 0 aromatic carbocycles. The van der Waals surface area contributed by atoms with E-state index in [1.807, 2.05) is 0 Å². The Morgan fingerprint density at radius 2 is 2.20 bits per heavy atom. The fraction of sp³-hybridized carbons (Fsp3) is 0.538. The largest absolute Gasteiger partial charge is 0.480 e. The third-order valence-electron chi connectivity index (χ3n) is 3.62. The Morgan fingerprint density at radius 3 is 2.75 bits per heavy atom. The molecule has 7 nitrogen and oxygen atoms in total. The van der Waals surface area contributed by atoms with Crippen molar-refractivity contribution in [1.82, 2.24) is 4.98 Å². The normalized spacial score (nSPS) is 15.2. The van der Waals surface area contributed by atoms with E-state index in [-0.39, 0.29) is 18.3 Å². The smallest absolute Gasteiger partial charge is 0.323 e. The number of carboxylic acid groups (broad SMARTS) is 1. The molecule has 0 bridgehead atoms. The molecular formula is C13H17N3O4. The molecule has 0 saturated heterocycles. The van der Waals surface area contributed by atoms with Gasteiger partial charge in [0.05, 0.1) is 11.0 Å². The number of rotatable bonds is 5. The lowest BCUT2D eigenvalue weighted by Gasteiger charge is -2.28. The molecule has 1 aliphatic carbocycles. The van der Waals surface area contributed by atoms with Gasteiger partial charge < -0.3 is 10.0 Å². The predicted molar refractivity (Wildman–Crippen MR) is 72.9 cm³/mol. The van der Waals surface area contributed by atoms with Crippen molar-refractivity contribution in [1.29, 1.82) is 0 Å². The molecule has 0 unspecified atom stereocenters. The van der Waals surface area contributed by atoms with Crippen LogP contribution in [0.1, 0.15) is 31.2 Å². The number of aryl methyl sites for hydroxylation is 1. The molecule has 7 heteroatoms. The maximum atomic E-state index is 11.0. The van der Waals surface area contributed by atoms with Crippen molar-refractivity contribution in [2.24, 2.45) is 0 Å². The second kappa shape index (κ2) is 5.85. The van der Waals surface area contributed by atoms with Crippen molar-refractivity contribution < 1.29 is 14.8 Å². The van der Waals surface area contributed by atoms with Crippen LogP contribution >= 0.6 is 0 Å². The van der Waals surface area contributed by atoms with Crippen molar-refractivity contribution in [2.75, 3.05) is 11.4 Å². The molecular weight excluding hydrogens is 262 g/mol. The summed E-state index contributed by atoms with van der Waals surface area (Å²) in [5.41, 5.74) is 0.448. The number of hydrogen-bond acceptors (Lipinski definition) is 5. The number of nitro groups is 1. The Bertz CT molecular complexity index is 526. The van der Waals surface area contributed by atoms with E-state index >= 15 is 0 Å². The zero-order valence-corrected chi connectivity index (χ0v) is 11.3. The maximum Gasteiger partial charge on any atom is 0.323 e. The van der Waals surface area contributed by atoms with Crippen LogP contribution in [-0.4, -0.2) is 33.6 Å². The highest BCUT2D eigenvalue weighted by molar-refractivity contribution is 5.73. The average molecular weight is 279 g/mol. The minimum atomic E-state index is -0.957. The van der Waals surface area contributed by atoms with Gasteiger partial charge in [-0.05, 0) is 19.8 Å². The van der Waals surface area contributed by atoms with Crippen LogP contribution in [0.4, 0.5) is 11.5 Å². The first-order chi connectivity index (χ1) is 9.49. The van der Waals surface area contributed by atoms with Gasteiger partial charge in [-0.1, -0.05) is 12.8 Å². The number of aromatic nitrogens is 1. The predicted octanol–water partition coefficient (Wildman–Crippen LogP) is 2.13. The molecule has 1 aromatic rings. The summed E-state index contributed by atoms with van der Waals surface area (Å²) < 4.78 is 0. The molecule has 1 heterocycles. The highest BCUT2D eigenvalue weighted by Gasteiger charge is 2.27. The van der Waals surface area contributed by atoms with Crippen LogP contribution in [0.25, 0.3) is 0 Å². The lowest BCUT2D eigenvalue weighted by molar-refractivity contribution is -0.385. The lowest BCUT2D eigenvalue weighted by atomic mass is 10.2. The van der Waals surface area contributed by atoms with Gasteiger partial charge in [0.15, 0.2) is 0 Å². The van der Waals surface area contributed by atoms with Crippen LogP contribution in [0.15, 0.2) is 12.3 Å². The van der Waals surface area contributed by atoms with E-state index in [1.165, 1.54) is 12.3 Å². The zero-order chi connectivity index (χ0) is 14.7. The minimum Gasteiger partial charge on any atom is -0.480 e. The fourth-order valence-electron chi connectivity index (χ4n) is 2.62. The Labute approximate surface area is 116 Å². The fourth-order valence-corrected chi connectivity index (χ4v) is 2.62. The van der Waals surface area contributed by atoms with E-state index in [0.717, 1.165) is 25.7 Å². The van der Waals surface area contributed by atoms with Gasteiger partial charge in [0.2, 0.25) is 0 Å². The van der Waals surface area contributed by atoms with E-state index in [1.54, 1.807) is 11.8 Å². The first-order valence-corrected chi connectivity index (χ1v) is 6.58. The van der Waals surface area contributed by atoms with E-state index in [0.29, 0.717) is 11.4 Å². The van der Waals surface area contributed by atoms with Crippen molar-refractivity contribution in [3.05, 3.63) is 27.9 Å². The molecule has 0 atom stereocenters.